The normalized spacial score (nSPS) is 15.4. The highest BCUT2D eigenvalue weighted by Gasteiger charge is 2.42. The van der Waals surface area contributed by atoms with Gasteiger partial charge in [-0.05, 0) is 66.3 Å². The summed E-state index contributed by atoms with van der Waals surface area (Å²) in [5, 5.41) is 2.85. The van der Waals surface area contributed by atoms with E-state index in [1.165, 1.54) is 24.3 Å². The summed E-state index contributed by atoms with van der Waals surface area (Å²) in [6.45, 7) is 0.690. The zero-order chi connectivity index (χ0) is 27.2. The van der Waals surface area contributed by atoms with E-state index in [0.717, 1.165) is 17.7 Å². The molecule has 4 nitrogen and oxygen atoms in total. The maximum absolute atomic E-state index is 13.5. The van der Waals surface area contributed by atoms with Crippen LogP contribution < -0.4 is 5.32 Å². The first kappa shape index (κ1) is 27.1. The Morgan fingerprint density at radius 2 is 1.55 bits per heavy atom. The number of alkyl halides is 3. The van der Waals surface area contributed by atoms with Crippen LogP contribution in [0.5, 0.6) is 0 Å². The summed E-state index contributed by atoms with van der Waals surface area (Å²) >= 11 is 0. The maximum Gasteiger partial charge on any atom is 0.416 e. The van der Waals surface area contributed by atoms with Crippen LogP contribution >= 0.6 is 0 Å². The van der Waals surface area contributed by atoms with Gasteiger partial charge in [0.05, 0.1) is 11.0 Å². The average Bonchev–Trinajstić information content (AvgIpc) is 2.92. The molecule has 1 heterocycles. The van der Waals surface area contributed by atoms with Gasteiger partial charge < -0.3 is 10.2 Å². The van der Waals surface area contributed by atoms with E-state index in [9.17, 15) is 27.2 Å². The number of piperidine rings is 1. The number of rotatable bonds is 7. The Morgan fingerprint density at radius 1 is 0.895 bits per heavy atom. The Morgan fingerprint density at radius 3 is 2.21 bits per heavy atom. The van der Waals surface area contributed by atoms with Crippen LogP contribution in [0.15, 0.2) is 84.9 Å². The van der Waals surface area contributed by atoms with Crippen molar-refractivity contribution in [3.05, 3.63) is 113 Å². The Hall–Kier alpha value is -3.94. The summed E-state index contributed by atoms with van der Waals surface area (Å²) in [6, 6.07) is 20.3. The Bertz CT molecular complexity index is 1280. The lowest BCUT2D eigenvalue weighted by Crippen LogP contribution is -2.51. The van der Waals surface area contributed by atoms with Gasteiger partial charge in [-0.3, -0.25) is 9.59 Å². The van der Waals surface area contributed by atoms with Gasteiger partial charge in [0, 0.05) is 25.7 Å². The molecule has 4 rings (SSSR count). The maximum atomic E-state index is 13.5. The van der Waals surface area contributed by atoms with Gasteiger partial charge in [0.25, 0.3) is 0 Å². The van der Waals surface area contributed by atoms with Crippen LogP contribution in [0, 0.1) is 11.2 Å². The molecule has 0 atom stereocenters. The fourth-order valence-corrected chi connectivity index (χ4v) is 4.70. The molecule has 1 aliphatic heterocycles. The van der Waals surface area contributed by atoms with Gasteiger partial charge in [0.2, 0.25) is 11.8 Å². The number of amides is 2. The fourth-order valence-electron chi connectivity index (χ4n) is 4.70. The molecular weight excluding hydrogens is 496 g/mol. The second-order valence-electron chi connectivity index (χ2n) is 9.53. The van der Waals surface area contributed by atoms with Crippen molar-refractivity contribution < 1.29 is 27.2 Å². The number of carbonyl (C=O) groups is 2. The van der Waals surface area contributed by atoms with Crippen molar-refractivity contribution in [2.24, 2.45) is 5.41 Å². The molecule has 3 aromatic rings. The number of nitrogens with one attached hydrogen (secondary N) is 1. The molecule has 38 heavy (non-hydrogen) atoms. The minimum absolute atomic E-state index is 0.0255. The van der Waals surface area contributed by atoms with Crippen molar-refractivity contribution in [1.82, 2.24) is 10.2 Å². The van der Waals surface area contributed by atoms with Gasteiger partial charge in [0.15, 0.2) is 0 Å². The SMILES string of the molecule is O=C(C=Cc1ccc(F)cc1)N1CCC(Cc2ccccc2)(C(=O)NCc2cccc(C(F)(F)F)c2)CC1. The molecule has 0 aromatic heterocycles. The van der Waals surface area contributed by atoms with Crippen molar-refractivity contribution in [2.45, 2.75) is 32.0 Å². The topological polar surface area (TPSA) is 49.4 Å². The summed E-state index contributed by atoms with van der Waals surface area (Å²) in [4.78, 5) is 28.0. The van der Waals surface area contributed by atoms with Crippen molar-refractivity contribution in [1.29, 1.82) is 0 Å². The zero-order valence-corrected chi connectivity index (χ0v) is 20.7. The second kappa shape index (κ2) is 11.6. The lowest BCUT2D eigenvalue weighted by Gasteiger charge is -2.40. The Kier molecular flexibility index (Phi) is 8.29. The van der Waals surface area contributed by atoms with Crippen molar-refractivity contribution in [2.75, 3.05) is 13.1 Å². The molecule has 1 fully saturated rings. The molecule has 3 aromatic carbocycles. The van der Waals surface area contributed by atoms with Crippen LogP contribution in [-0.4, -0.2) is 29.8 Å². The highest BCUT2D eigenvalue weighted by molar-refractivity contribution is 5.92. The Balaban J connectivity index is 1.45. The van der Waals surface area contributed by atoms with Gasteiger partial charge in [0.1, 0.15) is 5.82 Å². The molecule has 8 heteroatoms. The largest absolute Gasteiger partial charge is 0.416 e. The first-order valence-electron chi connectivity index (χ1n) is 12.4. The van der Waals surface area contributed by atoms with Crippen molar-refractivity contribution in [3.8, 4) is 0 Å². The molecule has 0 unspecified atom stereocenters. The highest BCUT2D eigenvalue weighted by Crippen LogP contribution is 2.36. The molecule has 0 spiro atoms. The van der Waals surface area contributed by atoms with E-state index in [4.69, 9.17) is 0 Å². The quantitative estimate of drug-likeness (QED) is 0.303. The van der Waals surface area contributed by atoms with Gasteiger partial charge in [-0.1, -0.05) is 54.6 Å². The first-order valence-corrected chi connectivity index (χ1v) is 12.4. The van der Waals surface area contributed by atoms with E-state index in [1.54, 1.807) is 29.2 Å². The van der Waals surface area contributed by atoms with Crippen LogP contribution in [-0.2, 0) is 28.7 Å². The highest BCUT2D eigenvalue weighted by atomic mass is 19.4. The summed E-state index contributed by atoms with van der Waals surface area (Å²) in [7, 11) is 0. The van der Waals surface area contributed by atoms with E-state index in [2.05, 4.69) is 5.32 Å². The summed E-state index contributed by atoms with van der Waals surface area (Å²) in [5.74, 6) is -0.801. The second-order valence-corrected chi connectivity index (χ2v) is 9.53. The summed E-state index contributed by atoms with van der Waals surface area (Å²) in [5.41, 5.74) is 0.465. The smallest absolute Gasteiger partial charge is 0.352 e. The number of carbonyl (C=O) groups excluding carboxylic acids is 2. The lowest BCUT2D eigenvalue weighted by molar-refractivity contribution is -0.138. The minimum Gasteiger partial charge on any atom is -0.352 e. The summed E-state index contributed by atoms with van der Waals surface area (Å²) in [6.07, 6.45) is -0.131. The van der Waals surface area contributed by atoms with Crippen LogP contribution in [0.1, 0.15) is 35.1 Å². The number of benzene rings is 3. The molecule has 0 saturated carbocycles. The number of nitrogens with zero attached hydrogens (tertiary/aromatic N) is 1. The summed E-state index contributed by atoms with van der Waals surface area (Å²) < 4.78 is 52.4. The van der Waals surface area contributed by atoms with E-state index < -0.39 is 17.2 Å². The van der Waals surface area contributed by atoms with E-state index >= 15 is 0 Å². The monoisotopic (exact) mass is 524 g/mol. The first-order chi connectivity index (χ1) is 18.1. The van der Waals surface area contributed by atoms with Gasteiger partial charge in [-0.25, -0.2) is 4.39 Å². The molecule has 1 saturated heterocycles. The average molecular weight is 525 g/mol. The molecule has 1 N–H and O–H groups in total. The third kappa shape index (κ3) is 6.88. The molecule has 0 radical (unpaired) electrons. The van der Waals surface area contributed by atoms with Gasteiger partial charge >= 0.3 is 6.18 Å². The lowest BCUT2D eigenvalue weighted by atomic mass is 9.73. The third-order valence-electron chi connectivity index (χ3n) is 6.89. The number of hydrogen-bond acceptors (Lipinski definition) is 2. The molecule has 1 aliphatic rings. The standard InChI is InChI=1S/C30H28F4N2O2/c31-26-12-9-22(10-13-26)11-14-27(37)36-17-15-29(16-18-36,20-23-5-2-1-3-6-23)28(38)35-21-24-7-4-8-25(19-24)30(32,33)34/h1-14,19H,15-18,20-21H2,(H,35,38). The van der Waals surface area contributed by atoms with E-state index in [0.29, 0.717) is 43.5 Å². The minimum atomic E-state index is -4.46. The van der Waals surface area contributed by atoms with Gasteiger partial charge in [-0.15, -0.1) is 0 Å². The van der Waals surface area contributed by atoms with Crippen LogP contribution in [0.25, 0.3) is 6.08 Å². The van der Waals surface area contributed by atoms with Crippen molar-refractivity contribution in [3.63, 3.8) is 0 Å². The molecule has 198 valence electrons. The number of likely N-dealkylation sites (tertiary alicyclic amines) is 1. The van der Waals surface area contributed by atoms with Gasteiger partial charge in [-0.2, -0.15) is 13.2 Å². The van der Waals surface area contributed by atoms with Crippen LogP contribution in [0.2, 0.25) is 0 Å². The number of halogens is 4. The van der Waals surface area contributed by atoms with Crippen LogP contribution in [0.3, 0.4) is 0 Å². The van der Waals surface area contributed by atoms with Crippen molar-refractivity contribution >= 4 is 17.9 Å². The molecule has 0 bridgehead atoms. The Labute approximate surface area is 219 Å². The predicted octanol–water partition coefficient (Wildman–Crippen LogP) is 6.03. The molecule has 0 aliphatic carbocycles. The third-order valence-corrected chi connectivity index (χ3v) is 6.89. The number of hydrogen-bond donors (Lipinski definition) is 1. The van der Waals surface area contributed by atoms with E-state index in [-0.39, 0.29) is 24.2 Å². The fraction of sp³-hybridized carbons (Fsp3) is 0.267. The predicted molar refractivity (Wildman–Crippen MR) is 137 cm³/mol. The molecular formula is C30H28F4N2O2. The molecule has 2 amide bonds. The zero-order valence-electron chi connectivity index (χ0n) is 20.7. The van der Waals surface area contributed by atoms with Crippen LogP contribution in [0.4, 0.5) is 17.6 Å². The van der Waals surface area contributed by atoms with E-state index in [1.807, 2.05) is 30.3 Å².